The molecule has 2 heteroatoms. The van der Waals surface area contributed by atoms with Crippen LogP contribution in [0.3, 0.4) is 0 Å². The summed E-state index contributed by atoms with van der Waals surface area (Å²) in [4.78, 5) is 2.35. The summed E-state index contributed by atoms with van der Waals surface area (Å²) >= 11 is 1.93. The van der Waals surface area contributed by atoms with Gasteiger partial charge in [-0.2, -0.15) is 0 Å². The predicted octanol–water partition coefficient (Wildman–Crippen LogP) is 10.4. The van der Waals surface area contributed by atoms with Crippen LogP contribution in [0.4, 0.5) is 11.4 Å². The van der Waals surface area contributed by atoms with Crippen LogP contribution in [0.2, 0.25) is 0 Å². The molecular formula is C37H31NS. The monoisotopic (exact) mass is 521 g/mol. The maximum atomic E-state index is 2.43. The van der Waals surface area contributed by atoms with Crippen LogP contribution in [0, 0.1) is 0 Å². The van der Waals surface area contributed by atoms with Crippen molar-refractivity contribution in [1.29, 1.82) is 0 Å². The summed E-state index contributed by atoms with van der Waals surface area (Å²) in [6, 6.07) is 36.5. The number of thiophene rings is 1. The standard InChI is InChI=1S/C37H31NS/c1-36(2)29-12-8-6-10-24(29)25-16-14-22(20-31(25)36)38(5)23-15-17-28-32(21-23)37(3,4)30-19-18-27-26-11-7-9-13-33(26)39-35(27)34(28)30/h6-21H,1-5H3. The zero-order valence-corrected chi connectivity index (χ0v) is 23.9. The number of fused-ring (bicyclic) bond motifs is 10. The number of rotatable bonds is 2. The van der Waals surface area contributed by atoms with Crippen LogP contribution in [-0.4, -0.2) is 7.05 Å². The van der Waals surface area contributed by atoms with Crippen molar-refractivity contribution in [2.45, 2.75) is 38.5 Å². The molecule has 0 radical (unpaired) electrons. The van der Waals surface area contributed by atoms with Crippen LogP contribution in [0.1, 0.15) is 49.9 Å². The van der Waals surface area contributed by atoms with Crippen molar-refractivity contribution in [2.75, 3.05) is 11.9 Å². The molecule has 1 heterocycles. The summed E-state index contributed by atoms with van der Waals surface area (Å²) in [7, 11) is 2.21. The summed E-state index contributed by atoms with van der Waals surface area (Å²) in [5, 5.41) is 2.74. The van der Waals surface area contributed by atoms with E-state index in [1.54, 1.807) is 0 Å². The number of hydrogen-bond donors (Lipinski definition) is 0. The van der Waals surface area contributed by atoms with Gasteiger partial charge in [0.15, 0.2) is 0 Å². The van der Waals surface area contributed by atoms with Gasteiger partial charge in [0.1, 0.15) is 0 Å². The lowest BCUT2D eigenvalue weighted by molar-refractivity contribution is 0.660. The van der Waals surface area contributed by atoms with Gasteiger partial charge < -0.3 is 4.90 Å². The number of anilines is 2. The Bertz CT molecular complexity index is 1990. The van der Waals surface area contributed by atoms with Crippen molar-refractivity contribution < 1.29 is 0 Å². The number of hydrogen-bond acceptors (Lipinski definition) is 2. The Labute approximate surface area is 234 Å². The Hall–Kier alpha value is -3.88. The van der Waals surface area contributed by atoms with Crippen LogP contribution >= 0.6 is 11.3 Å². The number of benzene rings is 5. The first-order valence-electron chi connectivity index (χ1n) is 13.8. The van der Waals surface area contributed by atoms with Crippen molar-refractivity contribution >= 4 is 42.9 Å². The molecule has 6 aromatic rings. The summed E-state index contributed by atoms with van der Waals surface area (Å²) in [5.41, 5.74) is 13.7. The van der Waals surface area contributed by atoms with Gasteiger partial charge in [-0.25, -0.2) is 0 Å². The van der Waals surface area contributed by atoms with Crippen LogP contribution in [0.25, 0.3) is 42.4 Å². The van der Waals surface area contributed by atoms with Crippen LogP contribution in [0.15, 0.2) is 97.1 Å². The zero-order chi connectivity index (χ0) is 26.7. The van der Waals surface area contributed by atoms with E-state index in [1.807, 2.05) is 11.3 Å². The van der Waals surface area contributed by atoms with Crippen LogP contribution in [0.5, 0.6) is 0 Å². The van der Waals surface area contributed by atoms with Crippen molar-refractivity contribution in [1.82, 2.24) is 0 Å². The van der Waals surface area contributed by atoms with Gasteiger partial charge in [-0.05, 0) is 69.3 Å². The van der Waals surface area contributed by atoms with Crippen molar-refractivity contribution in [3.05, 3.63) is 119 Å². The second-order valence-electron chi connectivity index (χ2n) is 12.3. The maximum absolute atomic E-state index is 2.43. The predicted molar refractivity (Wildman–Crippen MR) is 169 cm³/mol. The minimum absolute atomic E-state index is 0.0000308. The van der Waals surface area contributed by atoms with E-state index in [-0.39, 0.29) is 10.8 Å². The van der Waals surface area contributed by atoms with E-state index in [2.05, 4.69) is 137 Å². The van der Waals surface area contributed by atoms with E-state index in [0.29, 0.717) is 0 Å². The maximum Gasteiger partial charge on any atom is 0.0437 e. The molecule has 0 atom stereocenters. The third-order valence-electron chi connectivity index (χ3n) is 9.51. The molecule has 8 rings (SSSR count). The average Bonchev–Trinajstić information content (AvgIpc) is 3.52. The van der Waals surface area contributed by atoms with E-state index in [0.717, 1.165) is 0 Å². The minimum atomic E-state index is -0.0482. The van der Waals surface area contributed by atoms with Gasteiger partial charge in [0.2, 0.25) is 0 Å². The quantitative estimate of drug-likeness (QED) is 0.219. The summed E-state index contributed by atoms with van der Waals surface area (Å²) < 4.78 is 2.78. The van der Waals surface area contributed by atoms with Crippen LogP contribution < -0.4 is 4.90 Å². The molecule has 0 amide bonds. The van der Waals surface area contributed by atoms with E-state index in [4.69, 9.17) is 0 Å². The molecule has 0 bridgehead atoms. The molecule has 0 unspecified atom stereocenters. The summed E-state index contributed by atoms with van der Waals surface area (Å²) in [5.74, 6) is 0. The minimum Gasteiger partial charge on any atom is -0.345 e. The van der Waals surface area contributed by atoms with E-state index >= 15 is 0 Å². The normalized spacial score (nSPS) is 15.7. The molecule has 2 aliphatic rings. The highest BCUT2D eigenvalue weighted by atomic mass is 32.1. The molecule has 0 aliphatic heterocycles. The zero-order valence-electron chi connectivity index (χ0n) is 23.1. The first kappa shape index (κ1) is 23.0. The van der Waals surface area contributed by atoms with Crippen LogP contribution in [-0.2, 0) is 10.8 Å². The van der Waals surface area contributed by atoms with Gasteiger partial charge in [-0.1, -0.05) is 94.4 Å². The van der Waals surface area contributed by atoms with Gasteiger partial charge in [0, 0.05) is 55.0 Å². The fraction of sp³-hybridized carbons (Fsp3) is 0.189. The topological polar surface area (TPSA) is 3.24 Å². The molecule has 0 spiro atoms. The summed E-state index contributed by atoms with van der Waals surface area (Å²) in [6.07, 6.45) is 0. The van der Waals surface area contributed by atoms with E-state index in [9.17, 15) is 0 Å². The lowest BCUT2D eigenvalue weighted by Gasteiger charge is -2.27. The molecule has 39 heavy (non-hydrogen) atoms. The van der Waals surface area contributed by atoms with Gasteiger partial charge in [-0.15, -0.1) is 11.3 Å². The number of nitrogens with zero attached hydrogens (tertiary/aromatic N) is 1. The van der Waals surface area contributed by atoms with Gasteiger partial charge in [0.25, 0.3) is 0 Å². The van der Waals surface area contributed by atoms with Gasteiger partial charge >= 0.3 is 0 Å². The van der Waals surface area contributed by atoms with Crippen molar-refractivity contribution in [3.63, 3.8) is 0 Å². The largest absolute Gasteiger partial charge is 0.345 e. The Morgan fingerprint density at radius 2 is 1.15 bits per heavy atom. The summed E-state index contributed by atoms with van der Waals surface area (Å²) in [6.45, 7) is 9.47. The SMILES string of the molecule is CN(c1ccc2c(c1)C(C)(C)c1ccccc1-2)c1ccc2c(c1)C(C)(C)c1ccc3c(sc4ccccc43)c1-2. The molecule has 1 nitrogen and oxygen atoms in total. The second-order valence-corrected chi connectivity index (χ2v) is 13.3. The van der Waals surface area contributed by atoms with E-state index < -0.39 is 0 Å². The molecule has 0 saturated heterocycles. The lowest BCUT2D eigenvalue weighted by atomic mass is 9.82. The first-order chi connectivity index (χ1) is 18.8. The molecule has 0 fully saturated rings. The third-order valence-corrected chi connectivity index (χ3v) is 10.7. The van der Waals surface area contributed by atoms with Gasteiger partial charge in [0.05, 0.1) is 0 Å². The molecule has 0 N–H and O–H groups in total. The Kier molecular flexibility index (Phi) is 4.50. The molecule has 5 aromatic carbocycles. The second kappa shape index (κ2) is 7.61. The molecular weight excluding hydrogens is 490 g/mol. The Balaban J connectivity index is 1.25. The molecule has 1 aromatic heterocycles. The van der Waals surface area contributed by atoms with Gasteiger partial charge in [-0.3, -0.25) is 0 Å². The Morgan fingerprint density at radius 1 is 0.538 bits per heavy atom. The van der Waals surface area contributed by atoms with Crippen molar-refractivity contribution in [2.24, 2.45) is 0 Å². The first-order valence-corrected chi connectivity index (χ1v) is 14.7. The molecule has 0 saturated carbocycles. The molecule has 2 aliphatic carbocycles. The lowest BCUT2D eigenvalue weighted by Crippen LogP contribution is -2.17. The fourth-order valence-corrected chi connectivity index (χ4v) is 8.51. The molecule has 190 valence electrons. The highest BCUT2D eigenvalue weighted by molar-refractivity contribution is 7.26. The average molecular weight is 522 g/mol. The highest BCUT2D eigenvalue weighted by Crippen LogP contribution is 2.55. The third kappa shape index (κ3) is 2.96. The Morgan fingerprint density at radius 3 is 1.95 bits per heavy atom. The fourth-order valence-electron chi connectivity index (χ4n) is 7.25. The van der Waals surface area contributed by atoms with E-state index in [1.165, 1.54) is 76.1 Å². The van der Waals surface area contributed by atoms with Crippen molar-refractivity contribution in [3.8, 4) is 22.3 Å². The highest BCUT2D eigenvalue weighted by Gasteiger charge is 2.38. The smallest absolute Gasteiger partial charge is 0.0437 e.